The van der Waals surface area contributed by atoms with Crippen molar-refractivity contribution in [1.82, 2.24) is 0 Å². The molecule has 4 aromatic carbocycles. The molecule has 0 saturated heterocycles. The SMILES string of the molecule is Cc1cc(SCC=C(c2ccc(Cl)cc2)c2ccc(-c3ccc(Cl)cc3)cc2)ccc1OCC(=O)O. The topological polar surface area (TPSA) is 46.5 Å². The van der Waals surface area contributed by atoms with Gasteiger partial charge in [0.1, 0.15) is 5.75 Å². The highest BCUT2D eigenvalue weighted by Gasteiger charge is 2.08. The van der Waals surface area contributed by atoms with Gasteiger partial charge in [-0.05, 0) is 82.8 Å². The maximum Gasteiger partial charge on any atom is 0.341 e. The second kappa shape index (κ2) is 12.2. The molecule has 0 unspecified atom stereocenters. The van der Waals surface area contributed by atoms with Gasteiger partial charge in [-0.15, -0.1) is 11.8 Å². The van der Waals surface area contributed by atoms with Crippen molar-refractivity contribution in [1.29, 1.82) is 0 Å². The fourth-order valence-corrected chi connectivity index (χ4v) is 4.87. The Labute approximate surface area is 225 Å². The minimum absolute atomic E-state index is 0.350. The Bertz CT molecular complexity index is 1360. The summed E-state index contributed by atoms with van der Waals surface area (Å²) in [6, 6.07) is 30.0. The third-order valence-corrected chi connectivity index (χ3v) is 6.99. The number of hydrogen-bond donors (Lipinski definition) is 1. The van der Waals surface area contributed by atoms with Gasteiger partial charge in [0.25, 0.3) is 0 Å². The lowest BCUT2D eigenvalue weighted by Gasteiger charge is -2.11. The Kier molecular flexibility index (Phi) is 8.76. The maximum atomic E-state index is 10.8. The van der Waals surface area contributed by atoms with Gasteiger partial charge < -0.3 is 9.84 Å². The molecule has 0 spiro atoms. The zero-order valence-electron chi connectivity index (χ0n) is 19.6. The van der Waals surface area contributed by atoms with Gasteiger partial charge in [-0.25, -0.2) is 4.79 Å². The molecule has 0 saturated carbocycles. The number of halogens is 2. The first-order valence-corrected chi connectivity index (χ1v) is 13.0. The molecule has 0 fully saturated rings. The van der Waals surface area contributed by atoms with Crippen LogP contribution in [0.3, 0.4) is 0 Å². The van der Waals surface area contributed by atoms with Crippen LogP contribution in [0.4, 0.5) is 0 Å². The molecule has 3 nitrogen and oxygen atoms in total. The lowest BCUT2D eigenvalue weighted by atomic mass is 9.95. The molecule has 182 valence electrons. The number of aliphatic carboxylic acids is 1. The van der Waals surface area contributed by atoms with Crippen LogP contribution >= 0.6 is 35.0 Å². The van der Waals surface area contributed by atoms with E-state index in [0.717, 1.165) is 49.1 Å². The second-order valence-electron chi connectivity index (χ2n) is 8.13. The van der Waals surface area contributed by atoms with E-state index in [1.165, 1.54) is 0 Å². The Hall–Kier alpha value is -3.18. The Morgan fingerprint density at radius 2 is 1.36 bits per heavy atom. The molecule has 6 heteroatoms. The first-order chi connectivity index (χ1) is 17.4. The predicted octanol–water partition coefficient (Wildman–Crippen LogP) is 8.66. The molecule has 0 aliphatic rings. The molecule has 0 heterocycles. The summed E-state index contributed by atoms with van der Waals surface area (Å²) in [7, 11) is 0. The highest BCUT2D eigenvalue weighted by molar-refractivity contribution is 7.99. The van der Waals surface area contributed by atoms with E-state index >= 15 is 0 Å². The van der Waals surface area contributed by atoms with Crippen molar-refractivity contribution in [2.75, 3.05) is 12.4 Å². The number of benzene rings is 4. The van der Waals surface area contributed by atoms with Gasteiger partial charge in [-0.3, -0.25) is 0 Å². The van der Waals surface area contributed by atoms with Crippen molar-refractivity contribution < 1.29 is 14.6 Å². The summed E-state index contributed by atoms with van der Waals surface area (Å²) in [6.07, 6.45) is 2.22. The Morgan fingerprint density at radius 3 is 1.92 bits per heavy atom. The van der Waals surface area contributed by atoms with Crippen molar-refractivity contribution in [2.45, 2.75) is 11.8 Å². The van der Waals surface area contributed by atoms with E-state index in [1.807, 2.05) is 73.7 Å². The standard InChI is InChI=1S/C30H24Cl2O3S/c1-20-18-27(14-15-29(20)35-19-30(33)34)36-17-16-28(24-8-12-26(32)13-9-24)23-4-2-21(3-5-23)22-6-10-25(31)11-7-22/h2-16,18H,17,19H2,1H3,(H,33,34). The summed E-state index contributed by atoms with van der Waals surface area (Å²) in [5.41, 5.74) is 6.48. The zero-order valence-corrected chi connectivity index (χ0v) is 21.9. The van der Waals surface area contributed by atoms with Gasteiger partial charge in [0.15, 0.2) is 6.61 Å². The number of carboxylic acids is 1. The van der Waals surface area contributed by atoms with Crippen LogP contribution in [0.1, 0.15) is 16.7 Å². The van der Waals surface area contributed by atoms with Crippen molar-refractivity contribution >= 4 is 46.5 Å². The minimum atomic E-state index is -0.992. The summed E-state index contributed by atoms with van der Waals surface area (Å²) >= 11 is 13.9. The van der Waals surface area contributed by atoms with Gasteiger partial charge in [0, 0.05) is 20.7 Å². The first kappa shape index (κ1) is 25.9. The van der Waals surface area contributed by atoms with E-state index in [2.05, 4.69) is 30.3 Å². The average molecular weight is 535 g/mol. The molecule has 0 aliphatic carbocycles. The fraction of sp³-hybridized carbons (Fsp3) is 0.100. The smallest absolute Gasteiger partial charge is 0.341 e. The molecule has 0 amide bonds. The number of aryl methyl sites for hydroxylation is 1. The van der Waals surface area contributed by atoms with Crippen LogP contribution in [0.5, 0.6) is 5.75 Å². The third kappa shape index (κ3) is 6.94. The van der Waals surface area contributed by atoms with Crippen molar-refractivity contribution in [3.05, 3.63) is 124 Å². The van der Waals surface area contributed by atoms with E-state index in [0.29, 0.717) is 10.8 Å². The Balaban J connectivity index is 1.55. The van der Waals surface area contributed by atoms with E-state index < -0.39 is 5.97 Å². The largest absolute Gasteiger partial charge is 0.482 e. The van der Waals surface area contributed by atoms with E-state index in [9.17, 15) is 4.79 Å². The molecule has 1 N–H and O–H groups in total. The zero-order chi connectivity index (χ0) is 25.5. The molecule has 0 aliphatic heterocycles. The molecule has 0 atom stereocenters. The Morgan fingerprint density at radius 1 is 0.833 bits per heavy atom. The molecule has 0 radical (unpaired) electrons. The van der Waals surface area contributed by atoms with E-state index in [-0.39, 0.29) is 6.61 Å². The summed E-state index contributed by atoms with van der Waals surface area (Å²) in [5, 5.41) is 10.2. The van der Waals surface area contributed by atoms with Crippen LogP contribution in [0.25, 0.3) is 16.7 Å². The third-order valence-electron chi connectivity index (χ3n) is 5.56. The van der Waals surface area contributed by atoms with E-state index in [4.69, 9.17) is 33.0 Å². The lowest BCUT2D eigenvalue weighted by Crippen LogP contribution is -2.09. The van der Waals surface area contributed by atoms with Gasteiger partial charge >= 0.3 is 5.97 Å². The second-order valence-corrected chi connectivity index (χ2v) is 10.1. The molecular formula is C30H24Cl2O3S. The van der Waals surface area contributed by atoms with Crippen LogP contribution < -0.4 is 4.74 Å². The monoisotopic (exact) mass is 534 g/mol. The van der Waals surface area contributed by atoms with Crippen LogP contribution in [0.2, 0.25) is 10.0 Å². The lowest BCUT2D eigenvalue weighted by molar-refractivity contribution is -0.139. The number of carboxylic acid groups (broad SMARTS) is 1. The van der Waals surface area contributed by atoms with Gasteiger partial charge in [-0.2, -0.15) is 0 Å². The quantitative estimate of drug-likeness (QED) is 0.218. The number of hydrogen-bond acceptors (Lipinski definition) is 3. The van der Waals surface area contributed by atoms with Crippen molar-refractivity contribution in [3.63, 3.8) is 0 Å². The number of rotatable bonds is 9. The average Bonchev–Trinajstić information content (AvgIpc) is 2.87. The summed E-state index contributed by atoms with van der Waals surface area (Å²) in [5.74, 6) is 0.347. The summed E-state index contributed by atoms with van der Waals surface area (Å²) in [6.45, 7) is 1.57. The van der Waals surface area contributed by atoms with Gasteiger partial charge in [0.2, 0.25) is 0 Å². The van der Waals surface area contributed by atoms with Crippen molar-refractivity contribution in [2.24, 2.45) is 0 Å². The fourth-order valence-electron chi connectivity index (χ4n) is 3.75. The van der Waals surface area contributed by atoms with E-state index in [1.54, 1.807) is 11.8 Å². The molecule has 0 aromatic heterocycles. The van der Waals surface area contributed by atoms with Crippen molar-refractivity contribution in [3.8, 4) is 16.9 Å². The number of ether oxygens (including phenoxy) is 1. The van der Waals surface area contributed by atoms with Gasteiger partial charge in [-0.1, -0.05) is 77.8 Å². The molecule has 36 heavy (non-hydrogen) atoms. The highest BCUT2D eigenvalue weighted by atomic mass is 35.5. The molecular weight excluding hydrogens is 511 g/mol. The van der Waals surface area contributed by atoms with Crippen LogP contribution in [-0.4, -0.2) is 23.4 Å². The number of carbonyl (C=O) groups is 1. The van der Waals surface area contributed by atoms with Crippen LogP contribution in [-0.2, 0) is 4.79 Å². The minimum Gasteiger partial charge on any atom is -0.482 e. The summed E-state index contributed by atoms with van der Waals surface area (Å²) < 4.78 is 5.33. The molecule has 0 bridgehead atoms. The normalized spacial score (nSPS) is 11.4. The first-order valence-electron chi connectivity index (χ1n) is 11.3. The molecule has 4 rings (SSSR count). The molecule has 4 aromatic rings. The summed E-state index contributed by atoms with van der Waals surface area (Å²) in [4.78, 5) is 11.8. The maximum absolute atomic E-state index is 10.8. The van der Waals surface area contributed by atoms with Gasteiger partial charge in [0.05, 0.1) is 0 Å². The van der Waals surface area contributed by atoms with Crippen LogP contribution in [0.15, 0.2) is 102 Å². The number of thioether (sulfide) groups is 1. The predicted molar refractivity (Wildman–Crippen MR) is 150 cm³/mol. The van der Waals surface area contributed by atoms with Crippen LogP contribution in [0, 0.1) is 6.92 Å². The highest BCUT2D eigenvalue weighted by Crippen LogP contribution is 2.31.